The number of aromatic nitrogens is 1. The van der Waals surface area contributed by atoms with Gasteiger partial charge < -0.3 is 15.5 Å². The van der Waals surface area contributed by atoms with E-state index in [1.807, 2.05) is 18.2 Å². The monoisotopic (exact) mass is 323 g/mol. The molecule has 1 amide bonds. The number of nitrogen functional groups attached to an aromatic ring is 1. The van der Waals surface area contributed by atoms with E-state index in [0.29, 0.717) is 12.1 Å². The van der Waals surface area contributed by atoms with E-state index in [-0.39, 0.29) is 11.7 Å². The Balaban J connectivity index is 1.69. The van der Waals surface area contributed by atoms with Crippen LogP contribution in [0.2, 0.25) is 0 Å². The highest BCUT2D eigenvalue weighted by molar-refractivity contribution is 5.98. The van der Waals surface area contributed by atoms with Crippen molar-refractivity contribution < 1.29 is 9.21 Å². The summed E-state index contributed by atoms with van der Waals surface area (Å²) < 4.78 is 5.82. The predicted molar refractivity (Wildman–Crippen MR) is 94.6 cm³/mol. The highest BCUT2D eigenvalue weighted by Crippen LogP contribution is 2.22. The van der Waals surface area contributed by atoms with E-state index in [1.165, 1.54) is 0 Å². The van der Waals surface area contributed by atoms with Crippen LogP contribution in [0.5, 0.6) is 0 Å². The Morgan fingerprint density at radius 3 is 2.96 bits per heavy atom. The van der Waals surface area contributed by atoms with Crippen molar-refractivity contribution in [2.24, 2.45) is 0 Å². The standard InChI is InChI=1S/C19H21N3O2/c1-2-3-5-15-11-14-10-13(7-8-17(14)24-15)12-22-19(23)16-6-4-9-21-18(16)20/h4,6-11H,2-3,5,12H2,1H3,(H2,20,21)(H,22,23). The molecule has 0 saturated carbocycles. The van der Waals surface area contributed by atoms with Gasteiger partial charge in [0, 0.05) is 24.5 Å². The van der Waals surface area contributed by atoms with Crippen LogP contribution < -0.4 is 11.1 Å². The highest BCUT2D eigenvalue weighted by Gasteiger charge is 2.10. The van der Waals surface area contributed by atoms with Gasteiger partial charge in [-0.2, -0.15) is 0 Å². The summed E-state index contributed by atoms with van der Waals surface area (Å²) in [4.78, 5) is 16.1. The Morgan fingerprint density at radius 1 is 1.29 bits per heavy atom. The van der Waals surface area contributed by atoms with Crippen molar-refractivity contribution in [2.45, 2.75) is 32.7 Å². The quantitative estimate of drug-likeness (QED) is 0.725. The van der Waals surface area contributed by atoms with Crippen molar-refractivity contribution in [3.05, 3.63) is 59.5 Å². The number of fused-ring (bicyclic) bond motifs is 1. The summed E-state index contributed by atoms with van der Waals surface area (Å²) >= 11 is 0. The number of unbranched alkanes of at least 4 members (excludes halogenated alkanes) is 1. The molecule has 0 aliphatic rings. The Labute approximate surface area is 140 Å². The maximum absolute atomic E-state index is 12.2. The summed E-state index contributed by atoms with van der Waals surface area (Å²) in [7, 11) is 0. The van der Waals surface area contributed by atoms with Crippen molar-refractivity contribution in [2.75, 3.05) is 5.73 Å². The largest absolute Gasteiger partial charge is 0.461 e. The topological polar surface area (TPSA) is 81.2 Å². The molecule has 5 nitrogen and oxygen atoms in total. The number of carbonyl (C=O) groups excluding carboxylic acids is 1. The maximum atomic E-state index is 12.2. The van der Waals surface area contributed by atoms with Gasteiger partial charge in [-0.25, -0.2) is 4.98 Å². The first-order chi connectivity index (χ1) is 11.7. The minimum absolute atomic E-state index is 0.225. The highest BCUT2D eigenvalue weighted by atomic mass is 16.3. The number of benzene rings is 1. The normalized spacial score (nSPS) is 10.9. The first-order valence-corrected chi connectivity index (χ1v) is 8.17. The van der Waals surface area contributed by atoms with E-state index in [4.69, 9.17) is 10.2 Å². The molecule has 1 aromatic carbocycles. The van der Waals surface area contributed by atoms with E-state index in [0.717, 1.165) is 41.6 Å². The van der Waals surface area contributed by atoms with Crippen molar-refractivity contribution in [1.29, 1.82) is 0 Å². The third kappa shape index (κ3) is 3.56. The lowest BCUT2D eigenvalue weighted by atomic mass is 10.1. The van der Waals surface area contributed by atoms with Crippen molar-refractivity contribution in [3.63, 3.8) is 0 Å². The number of rotatable bonds is 6. The molecule has 2 heterocycles. The van der Waals surface area contributed by atoms with Crippen molar-refractivity contribution >= 4 is 22.7 Å². The van der Waals surface area contributed by atoms with Crippen LogP contribution in [0.3, 0.4) is 0 Å². The summed E-state index contributed by atoms with van der Waals surface area (Å²) in [6.07, 6.45) is 4.79. The third-order valence-electron chi connectivity index (χ3n) is 3.94. The SMILES string of the molecule is CCCCc1cc2cc(CNC(=O)c3cccnc3N)ccc2o1. The number of nitrogens with zero attached hydrogens (tertiary/aromatic N) is 1. The van der Waals surface area contributed by atoms with Gasteiger partial charge >= 0.3 is 0 Å². The Kier molecular flexibility index (Phi) is 4.79. The first-order valence-electron chi connectivity index (χ1n) is 8.17. The molecule has 0 aliphatic carbocycles. The smallest absolute Gasteiger partial charge is 0.255 e. The van der Waals surface area contributed by atoms with E-state index >= 15 is 0 Å². The molecule has 124 valence electrons. The van der Waals surface area contributed by atoms with Crippen LogP contribution in [0.15, 0.2) is 47.0 Å². The molecule has 5 heteroatoms. The summed E-state index contributed by atoms with van der Waals surface area (Å²) in [5.74, 6) is 1.02. The van der Waals surface area contributed by atoms with Crippen LogP contribution in [-0.4, -0.2) is 10.9 Å². The molecule has 0 saturated heterocycles. The van der Waals surface area contributed by atoms with Gasteiger partial charge in [0.15, 0.2) is 0 Å². The number of carbonyl (C=O) groups is 1. The number of aryl methyl sites for hydroxylation is 1. The molecule has 3 aromatic rings. The molecular weight excluding hydrogens is 302 g/mol. The van der Waals surface area contributed by atoms with Gasteiger partial charge in [-0.15, -0.1) is 0 Å². The molecule has 0 unspecified atom stereocenters. The predicted octanol–water partition coefficient (Wildman–Crippen LogP) is 3.68. The minimum atomic E-state index is -0.225. The van der Waals surface area contributed by atoms with Gasteiger partial charge in [-0.1, -0.05) is 19.4 Å². The number of hydrogen-bond donors (Lipinski definition) is 2. The van der Waals surface area contributed by atoms with Crippen LogP contribution in [0, 0.1) is 0 Å². The Hall–Kier alpha value is -2.82. The molecule has 2 aromatic heterocycles. The molecule has 3 rings (SSSR count). The van der Waals surface area contributed by atoms with Gasteiger partial charge in [-0.3, -0.25) is 4.79 Å². The second-order valence-electron chi connectivity index (χ2n) is 5.81. The lowest BCUT2D eigenvalue weighted by Crippen LogP contribution is -2.24. The molecule has 0 aliphatic heterocycles. The zero-order valence-electron chi connectivity index (χ0n) is 13.7. The molecule has 0 bridgehead atoms. The van der Waals surface area contributed by atoms with Crippen LogP contribution in [0.25, 0.3) is 11.0 Å². The summed E-state index contributed by atoms with van der Waals surface area (Å²) in [5, 5.41) is 3.94. The number of pyridine rings is 1. The van der Waals surface area contributed by atoms with E-state index in [9.17, 15) is 4.79 Å². The van der Waals surface area contributed by atoms with Crippen LogP contribution in [0.4, 0.5) is 5.82 Å². The lowest BCUT2D eigenvalue weighted by Gasteiger charge is -2.06. The Bertz CT molecular complexity index is 855. The molecular formula is C19H21N3O2. The number of furan rings is 1. The average Bonchev–Trinajstić information content (AvgIpc) is 3.00. The Morgan fingerprint density at radius 2 is 2.17 bits per heavy atom. The van der Waals surface area contributed by atoms with Gasteiger partial charge in [0.2, 0.25) is 0 Å². The van der Waals surface area contributed by atoms with E-state index in [1.54, 1.807) is 18.3 Å². The fraction of sp³-hybridized carbons (Fsp3) is 0.263. The molecule has 0 fully saturated rings. The second kappa shape index (κ2) is 7.17. The fourth-order valence-corrected chi connectivity index (χ4v) is 2.62. The summed E-state index contributed by atoms with van der Waals surface area (Å²) in [6.45, 7) is 2.59. The number of nitrogens with two attached hydrogens (primary N) is 1. The molecule has 24 heavy (non-hydrogen) atoms. The number of hydrogen-bond acceptors (Lipinski definition) is 4. The van der Waals surface area contributed by atoms with E-state index < -0.39 is 0 Å². The van der Waals surface area contributed by atoms with Crippen LogP contribution in [-0.2, 0) is 13.0 Å². The zero-order valence-corrected chi connectivity index (χ0v) is 13.7. The van der Waals surface area contributed by atoms with Gasteiger partial charge in [-0.05, 0) is 42.3 Å². The molecule has 3 N–H and O–H groups in total. The lowest BCUT2D eigenvalue weighted by molar-refractivity contribution is 0.0951. The maximum Gasteiger partial charge on any atom is 0.255 e. The minimum Gasteiger partial charge on any atom is -0.461 e. The summed E-state index contributed by atoms with van der Waals surface area (Å²) in [6, 6.07) is 11.4. The molecule has 0 spiro atoms. The third-order valence-corrected chi connectivity index (χ3v) is 3.94. The first kappa shape index (κ1) is 16.1. The van der Waals surface area contributed by atoms with E-state index in [2.05, 4.69) is 23.3 Å². The van der Waals surface area contributed by atoms with Gasteiger partial charge in [0.25, 0.3) is 5.91 Å². The average molecular weight is 323 g/mol. The molecule has 0 atom stereocenters. The molecule has 0 radical (unpaired) electrons. The van der Waals surface area contributed by atoms with Crippen molar-refractivity contribution in [3.8, 4) is 0 Å². The second-order valence-corrected chi connectivity index (χ2v) is 5.81. The van der Waals surface area contributed by atoms with Crippen LogP contribution in [0.1, 0.15) is 41.4 Å². The van der Waals surface area contributed by atoms with Crippen molar-refractivity contribution in [1.82, 2.24) is 10.3 Å². The fourth-order valence-electron chi connectivity index (χ4n) is 2.62. The number of nitrogens with one attached hydrogen (secondary N) is 1. The number of anilines is 1. The van der Waals surface area contributed by atoms with Crippen LogP contribution >= 0.6 is 0 Å². The summed E-state index contributed by atoms with van der Waals surface area (Å²) in [5.41, 5.74) is 8.01. The van der Waals surface area contributed by atoms with Gasteiger partial charge in [0.05, 0.1) is 5.56 Å². The van der Waals surface area contributed by atoms with Gasteiger partial charge in [0.1, 0.15) is 17.2 Å². The zero-order chi connectivity index (χ0) is 16.9. The number of amides is 1.